The Morgan fingerprint density at radius 3 is 1.70 bits per heavy atom. The Morgan fingerprint density at radius 1 is 0.850 bits per heavy atom. The van der Waals surface area contributed by atoms with Crippen LogP contribution >= 0.6 is 0 Å². The number of ether oxygens (including phenoxy) is 3. The van der Waals surface area contributed by atoms with Crippen molar-refractivity contribution in [2.24, 2.45) is 0 Å². The quantitative estimate of drug-likeness (QED) is 0.610. The maximum Gasteiger partial charge on any atom is 0.203 e. The van der Waals surface area contributed by atoms with Gasteiger partial charge in [-0.15, -0.1) is 0 Å². The van der Waals surface area contributed by atoms with Crippen LogP contribution in [-0.2, 0) is 0 Å². The summed E-state index contributed by atoms with van der Waals surface area (Å²) in [4.78, 5) is 11.0. The van der Waals surface area contributed by atoms with Gasteiger partial charge < -0.3 is 14.2 Å². The Balaban J connectivity index is 3.10. The molecular formula is C16H24O4. The highest BCUT2D eigenvalue weighted by molar-refractivity contribution is 5.78. The lowest BCUT2D eigenvalue weighted by Gasteiger charge is -2.17. The maximum atomic E-state index is 11.0. The molecule has 4 nitrogen and oxygen atoms in total. The third kappa shape index (κ3) is 4.76. The lowest BCUT2D eigenvalue weighted by Crippen LogP contribution is -2.05. The second-order valence-electron chi connectivity index (χ2n) is 4.51. The van der Waals surface area contributed by atoms with Crippen LogP contribution in [0.15, 0.2) is 12.1 Å². The number of carbonyl (C=O) groups excluding carboxylic acids is 1. The summed E-state index contributed by atoms with van der Waals surface area (Å²) in [6.45, 7) is 7.86. The van der Waals surface area contributed by atoms with E-state index in [0.29, 0.717) is 42.6 Å². The van der Waals surface area contributed by atoms with Gasteiger partial charge in [0.1, 0.15) is 6.29 Å². The maximum absolute atomic E-state index is 11.0. The third-order valence-corrected chi connectivity index (χ3v) is 2.55. The van der Waals surface area contributed by atoms with Crippen LogP contribution in [0.5, 0.6) is 17.2 Å². The monoisotopic (exact) mass is 280 g/mol. The molecule has 0 aliphatic heterocycles. The molecule has 0 spiro atoms. The van der Waals surface area contributed by atoms with Crippen LogP contribution in [0.2, 0.25) is 0 Å². The molecule has 20 heavy (non-hydrogen) atoms. The van der Waals surface area contributed by atoms with Gasteiger partial charge in [0, 0.05) is 5.56 Å². The molecule has 0 unspecified atom stereocenters. The lowest BCUT2D eigenvalue weighted by atomic mass is 10.2. The highest BCUT2D eigenvalue weighted by Gasteiger charge is 2.15. The fraction of sp³-hybridized carbons (Fsp3) is 0.562. The van der Waals surface area contributed by atoms with Crippen LogP contribution in [0.4, 0.5) is 0 Å². The van der Waals surface area contributed by atoms with E-state index in [0.717, 1.165) is 25.5 Å². The van der Waals surface area contributed by atoms with Crippen LogP contribution in [0, 0.1) is 0 Å². The van der Waals surface area contributed by atoms with Crippen molar-refractivity contribution < 1.29 is 19.0 Å². The Kier molecular flexibility index (Phi) is 7.55. The Labute approximate surface area is 121 Å². The molecule has 1 aromatic rings. The van der Waals surface area contributed by atoms with Crippen molar-refractivity contribution in [3.63, 3.8) is 0 Å². The Hall–Kier alpha value is -1.71. The van der Waals surface area contributed by atoms with Crippen molar-refractivity contribution in [3.05, 3.63) is 17.7 Å². The summed E-state index contributed by atoms with van der Waals surface area (Å²) in [7, 11) is 0. The van der Waals surface area contributed by atoms with Gasteiger partial charge in [0.15, 0.2) is 11.5 Å². The van der Waals surface area contributed by atoms with Gasteiger partial charge >= 0.3 is 0 Å². The number of benzene rings is 1. The predicted octanol–water partition coefficient (Wildman–Crippen LogP) is 3.87. The molecule has 0 amide bonds. The van der Waals surface area contributed by atoms with Crippen LogP contribution in [0.25, 0.3) is 0 Å². The molecular weight excluding hydrogens is 256 g/mol. The number of carbonyl (C=O) groups is 1. The summed E-state index contributed by atoms with van der Waals surface area (Å²) in [6.07, 6.45) is 3.48. The van der Waals surface area contributed by atoms with Gasteiger partial charge in [0.05, 0.1) is 19.8 Å². The molecule has 0 aromatic heterocycles. The highest BCUT2D eigenvalue weighted by Crippen LogP contribution is 2.39. The molecule has 0 saturated carbocycles. The number of aldehydes is 1. The fourth-order valence-corrected chi connectivity index (χ4v) is 1.65. The minimum atomic E-state index is 0.533. The van der Waals surface area contributed by atoms with Gasteiger partial charge in [-0.2, -0.15) is 0 Å². The average Bonchev–Trinajstić information content (AvgIpc) is 2.48. The van der Waals surface area contributed by atoms with Crippen molar-refractivity contribution in [2.75, 3.05) is 19.8 Å². The first-order valence-electron chi connectivity index (χ1n) is 7.28. The zero-order valence-corrected chi connectivity index (χ0v) is 12.6. The van der Waals surface area contributed by atoms with E-state index in [-0.39, 0.29) is 0 Å². The van der Waals surface area contributed by atoms with Gasteiger partial charge in [-0.1, -0.05) is 20.8 Å². The number of hydrogen-bond donors (Lipinski definition) is 0. The first-order chi connectivity index (χ1) is 9.76. The summed E-state index contributed by atoms with van der Waals surface area (Å²) in [6, 6.07) is 3.40. The third-order valence-electron chi connectivity index (χ3n) is 2.55. The van der Waals surface area contributed by atoms with Gasteiger partial charge in [-0.3, -0.25) is 4.79 Å². The molecule has 1 rings (SSSR count). The summed E-state index contributed by atoms with van der Waals surface area (Å²) in [5, 5.41) is 0. The van der Waals surface area contributed by atoms with Gasteiger partial charge in [-0.25, -0.2) is 0 Å². The molecule has 0 radical (unpaired) electrons. The van der Waals surface area contributed by atoms with Crippen LogP contribution in [0.1, 0.15) is 50.4 Å². The minimum absolute atomic E-state index is 0.533. The molecule has 0 fully saturated rings. The lowest BCUT2D eigenvalue weighted by molar-refractivity contribution is 0.112. The van der Waals surface area contributed by atoms with E-state index in [4.69, 9.17) is 14.2 Å². The normalized spacial score (nSPS) is 10.2. The zero-order chi connectivity index (χ0) is 14.8. The van der Waals surface area contributed by atoms with Crippen molar-refractivity contribution >= 4 is 6.29 Å². The van der Waals surface area contributed by atoms with Crippen molar-refractivity contribution in [3.8, 4) is 17.2 Å². The summed E-state index contributed by atoms with van der Waals surface area (Å²) >= 11 is 0. The first-order valence-corrected chi connectivity index (χ1v) is 7.28. The molecule has 0 aliphatic carbocycles. The number of hydrogen-bond acceptors (Lipinski definition) is 4. The van der Waals surface area contributed by atoms with Crippen LogP contribution in [0.3, 0.4) is 0 Å². The smallest absolute Gasteiger partial charge is 0.203 e. The van der Waals surface area contributed by atoms with Gasteiger partial charge in [0.25, 0.3) is 0 Å². The van der Waals surface area contributed by atoms with E-state index in [1.54, 1.807) is 12.1 Å². The molecule has 0 saturated heterocycles. The van der Waals surface area contributed by atoms with Gasteiger partial charge in [0.2, 0.25) is 5.75 Å². The molecule has 0 heterocycles. The molecule has 1 aromatic carbocycles. The highest BCUT2D eigenvalue weighted by atomic mass is 16.5. The minimum Gasteiger partial charge on any atom is -0.490 e. The first kappa shape index (κ1) is 16.3. The molecule has 112 valence electrons. The Bertz CT molecular complexity index is 386. The Morgan fingerprint density at radius 2 is 1.30 bits per heavy atom. The van der Waals surface area contributed by atoms with E-state index < -0.39 is 0 Å². The second-order valence-corrected chi connectivity index (χ2v) is 4.51. The van der Waals surface area contributed by atoms with E-state index in [1.165, 1.54) is 0 Å². The SMILES string of the molecule is CCCOc1cc(C=O)cc(OCCC)c1OCCC. The average molecular weight is 280 g/mol. The summed E-state index contributed by atoms with van der Waals surface area (Å²) in [5.74, 6) is 1.76. The topological polar surface area (TPSA) is 44.8 Å². The summed E-state index contributed by atoms with van der Waals surface area (Å²) < 4.78 is 17.1. The van der Waals surface area contributed by atoms with Gasteiger partial charge in [-0.05, 0) is 31.4 Å². The molecule has 0 bridgehead atoms. The molecule has 0 N–H and O–H groups in total. The molecule has 0 aliphatic rings. The van der Waals surface area contributed by atoms with E-state index >= 15 is 0 Å². The van der Waals surface area contributed by atoms with Crippen molar-refractivity contribution in [2.45, 2.75) is 40.0 Å². The van der Waals surface area contributed by atoms with E-state index in [1.807, 2.05) is 20.8 Å². The van der Waals surface area contributed by atoms with E-state index in [9.17, 15) is 4.79 Å². The zero-order valence-electron chi connectivity index (χ0n) is 12.6. The van der Waals surface area contributed by atoms with Crippen LogP contribution < -0.4 is 14.2 Å². The largest absolute Gasteiger partial charge is 0.490 e. The number of rotatable bonds is 10. The van der Waals surface area contributed by atoms with Crippen molar-refractivity contribution in [1.29, 1.82) is 0 Å². The van der Waals surface area contributed by atoms with Crippen LogP contribution in [-0.4, -0.2) is 26.1 Å². The van der Waals surface area contributed by atoms with Crippen molar-refractivity contribution in [1.82, 2.24) is 0 Å². The standard InChI is InChI=1S/C16H24O4/c1-4-7-18-14-10-13(12-17)11-15(19-8-5-2)16(14)20-9-6-3/h10-12H,4-9H2,1-3H3. The van der Waals surface area contributed by atoms with E-state index in [2.05, 4.69) is 0 Å². The summed E-state index contributed by atoms with van der Waals surface area (Å²) in [5.41, 5.74) is 0.533. The molecule has 4 heteroatoms. The predicted molar refractivity (Wildman–Crippen MR) is 79.2 cm³/mol. The second kappa shape index (κ2) is 9.23. The molecule has 0 atom stereocenters. The fourth-order valence-electron chi connectivity index (χ4n) is 1.65.